The summed E-state index contributed by atoms with van der Waals surface area (Å²) >= 11 is 13.3. The van der Waals surface area contributed by atoms with Gasteiger partial charge in [-0.2, -0.15) is 9.97 Å². The van der Waals surface area contributed by atoms with E-state index in [0.717, 1.165) is 3.57 Å². The molecule has 2 saturated heterocycles. The highest BCUT2D eigenvalue weighted by molar-refractivity contribution is 14.1. The van der Waals surface area contributed by atoms with E-state index in [9.17, 15) is 9.59 Å². The van der Waals surface area contributed by atoms with Gasteiger partial charge in [-0.1, -0.05) is 6.07 Å². The van der Waals surface area contributed by atoms with Crippen LogP contribution < -0.4 is 10.6 Å². The van der Waals surface area contributed by atoms with Gasteiger partial charge in [0, 0.05) is 28.4 Å². The predicted molar refractivity (Wildman–Crippen MR) is 128 cm³/mol. The molecule has 0 saturated carbocycles. The lowest BCUT2D eigenvalue weighted by atomic mass is 10.1. The molecule has 0 bridgehead atoms. The maximum absolute atomic E-state index is 12.7. The summed E-state index contributed by atoms with van der Waals surface area (Å²) in [6.45, 7) is 0. The van der Waals surface area contributed by atoms with Crippen molar-refractivity contribution in [2.24, 2.45) is 0 Å². The van der Waals surface area contributed by atoms with E-state index in [1.165, 1.54) is 13.4 Å². The highest BCUT2D eigenvalue weighted by atomic mass is 127. The first-order valence-electron chi connectivity index (χ1n) is 9.57. The fraction of sp³-hybridized carbons (Fsp3) is 0.263. The van der Waals surface area contributed by atoms with Gasteiger partial charge in [0.1, 0.15) is 0 Å². The molecular weight excluding hydrogens is 587 g/mol. The van der Waals surface area contributed by atoms with Gasteiger partial charge in [0.05, 0.1) is 6.33 Å². The number of imidazole rings is 1. The molecule has 14 heteroatoms. The zero-order valence-corrected chi connectivity index (χ0v) is 20.4. The van der Waals surface area contributed by atoms with Crippen molar-refractivity contribution in [1.82, 2.24) is 24.8 Å². The van der Waals surface area contributed by atoms with Crippen LogP contribution in [-0.4, -0.2) is 61.9 Å². The van der Waals surface area contributed by atoms with Gasteiger partial charge in [-0.25, -0.2) is 4.98 Å². The molecule has 3 aromatic rings. The molecule has 4 atom stereocenters. The van der Waals surface area contributed by atoms with Crippen LogP contribution in [0.25, 0.3) is 11.2 Å². The third-order valence-electron chi connectivity index (χ3n) is 5.15. The van der Waals surface area contributed by atoms with Crippen molar-refractivity contribution in [2.75, 3.05) is 12.4 Å². The van der Waals surface area contributed by atoms with Crippen LogP contribution in [0.3, 0.4) is 0 Å². The van der Waals surface area contributed by atoms with Gasteiger partial charge in [-0.05, 0) is 52.4 Å². The minimum absolute atomic E-state index is 0.0743. The van der Waals surface area contributed by atoms with E-state index >= 15 is 0 Å². The second kappa shape index (κ2) is 8.62. The number of benzene rings is 1. The van der Waals surface area contributed by atoms with Gasteiger partial charge < -0.3 is 24.8 Å². The van der Waals surface area contributed by atoms with E-state index in [-0.39, 0.29) is 39.3 Å². The van der Waals surface area contributed by atoms with Crippen molar-refractivity contribution in [3.8, 4) is 0 Å². The highest BCUT2D eigenvalue weighted by Crippen LogP contribution is 2.39. The molecule has 1 aromatic carbocycles. The standard InChI is InChI=1S/C19H14ClIN6O5S/c1-22-16(29)11-10-12(32-19(33)31-10)17(30-11)27-6-23-9-13(25-18(20)26-14(9)27)24-15(28)7-3-2-4-8(21)5-7/h2-6,10-12,17H,1H3,(H,22,29)(H,24,25,26,28). The van der Waals surface area contributed by atoms with E-state index in [0.29, 0.717) is 5.56 Å². The largest absolute Gasteiger partial charge is 0.446 e. The Kier molecular flexibility index (Phi) is 5.80. The molecule has 2 amide bonds. The number of carbonyl (C=O) groups excluding carboxylic acids is 2. The Bertz CT molecular complexity index is 1300. The Morgan fingerprint density at radius 1 is 1.24 bits per heavy atom. The Hall–Kier alpha value is -2.62. The third kappa shape index (κ3) is 3.98. The molecule has 4 heterocycles. The van der Waals surface area contributed by atoms with Crippen LogP contribution >= 0.6 is 46.4 Å². The van der Waals surface area contributed by atoms with Gasteiger partial charge in [-0.15, -0.1) is 0 Å². The molecule has 2 N–H and O–H groups in total. The fourth-order valence-corrected chi connectivity index (χ4v) is 4.62. The lowest BCUT2D eigenvalue weighted by Crippen LogP contribution is -2.40. The molecule has 170 valence electrons. The number of nitrogens with one attached hydrogen (secondary N) is 2. The molecule has 0 radical (unpaired) electrons. The second-order valence-electron chi connectivity index (χ2n) is 7.11. The molecule has 2 aliphatic rings. The Labute approximate surface area is 210 Å². The quantitative estimate of drug-likeness (QED) is 0.263. The molecule has 33 heavy (non-hydrogen) atoms. The van der Waals surface area contributed by atoms with Crippen LogP contribution in [0.4, 0.5) is 5.82 Å². The summed E-state index contributed by atoms with van der Waals surface area (Å²) < 4.78 is 19.5. The van der Waals surface area contributed by atoms with Gasteiger partial charge in [0.25, 0.3) is 11.8 Å². The van der Waals surface area contributed by atoms with Crippen LogP contribution in [0.1, 0.15) is 16.6 Å². The maximum atomic E-state index is 12.7. The van der Waals surface area contributed by atoms with Gasteiger partial charge in [0.2, 0.25) is 5.28 Å². The zero-order valence-electron chi connectivity index (χ0n) is 16.7. The first-order valence-corrected chi connectivity index (χ1v) is 11.4. The Morgan fingerprint density at radius 3 is 2.79 bits per heavy atom. The number of halogens is 2. The van der Waals surface area contributed by atoms with E-state index < -0.39 is 24.5 Å². The van der Waals surface area contributed by atoms with Crippen molar-refractivity contribution in [3.05, 3.63) is 45.0 Å². The molecule has 2 aliphatic heterocycles. The van der Waals surface area contributed by atoms with Crippen LogP contribution in [0.5, 0.6) is 0 Å². The number of nitrogens with zero attached hydrogens (tertiary/aromatic N) is 4. The van der Waals surface area contributed by atoms with Crippen molar-refractivity contribution in [2.45, 2.75) is 24.5 Å². The number of ether oxygens (including phenoxy) is 3. The number of anilines is 1. The number of rotatable bonds is 4. The minimum Gasteiger partial charge on any atom is -0.446 e. The summed E-state index contributed by atoms with van der Waals surface area (Å²) in [4.78, 5) is 37.8. The summed E-state index contributed by atoms with van der Waals surface area (Å²) in [5.41, 5.74) is 1.00. The smallest absolute Gasteiger partial charge is 0.353 e. The molecule has 0 aliphatic carbocycles. The lowest BCUT2D eigenvalue weighted by Gasteiger charge is -2.18. The molecule has 0 spiro atoms. The van der Waals surface area contributed by atoms with Crippen molar-refractivity contribution in [3.63, 3.8) is 0 Å². The first-order chi connectivity index (χ1) is 15.9. The number of carbonyl (C=O) groups is 2. The average molecular weight is 601 g/mol. The molecule has 4 unspecified atom stereocenters. The molecule has 5 rings (SSSR count). The number of hydrogen-bond acceptors (Lipinski definition) is 9. The molecule has 2 fully saturated rings. The van der Waals surface area contributed by atoms with Crippen molar-refractivity contribution in [1.29, 1.82) is 0 Å². The maximum Gasteiger partial charge on any atom is 0.353 e. The van der Waals surface area contributed by atoms with Crippen LogP contribution in [0, 0.1) is 3.57 Å². The summed E-state index contributed by atoms with van der Waals surface area (Å²) in [6, 6.07) is 7.07. The minimum atomic E-state index is -0.958. The van der Waals surface area contributed by atoms with E-state index in [1.54, 1.807) is 22.8 Å². The summed E-state index contributed by atoms with van der Waals surface area (Å²) in [5, 5.41) is 5.08. The average Bonchev–Trinajstić information content (AvgIpc) is 3.46. The van der Waals surface area contributed by atoms with Crippen LogP contribution in [0.15, 0.2) is 30.6 Å². The monoisotopic (exact) mass is 600 g/mol. The van der Waals surface area contributed by atoms with E-state index in [2.05, 4.69) is 48.2 Å². The highest BCUT2D eigenvalue weighted by Gasteiger charge is 2.56. The Balaban J connectivity index is 1.51. The second-order valence-corrected chi connectivity index (χ2v) is 9.02. The van der Waals surface area contributed by atoms with Gasteiger partial charge in [0.15, 0.2) is 41.5 Å². The predicted octanol–water partition coefficient (Wildman–Crippen LogP) is 2.05. The molecular formula is C19H14ClIN6O5S. The fourth-order valence-electron chi connectivity index (χ4n) is 3.69. The molecule has 2 aromatic heterocycles. The summed E-state index contributed by atoms with van der Waals surface area (Å²) in [6.07, 6.45) is -1.81. The number of amides is 2. The normalized spacial score (nSPS) is 23.7. The van der Waals surface area contributed by atoms with E-state index in [1.807, 2.05) is 6.07 Å². The number of hydrogen-bond donors (Lipinski definition) is 2. The van der Waals surface area contributed by atoms with Crippen molar-refractivity contribution >= 4 is 80.4 Å². The van der Waals surface area contributed by atoms with Crippen LogP contribution in [0.2, 0.25) is 5.28 Å². The summed E-state index contributed by atoms with van der Waals surface area (Å²) in [7, 11) is 1.49. The number of likely N-dealkylation sites (N-methyl/N-ethyl adjacent to an activating group) is 1. The third-order valence-corrected chi connectivity index (χ3v) is 6.18. The number of thiocarbonyl (C=S) groups is 1. The van der Waals surface area contributed by atoms with E-state index in [4.69, 9.17) is 38.0 Å². The van der Waals surface area contributed by atoms with Gasteiger partial charge in [-0.3, -0.25) is 14.2 Å². The summed E-state index contributed by atoms with van der Waals surface area (Å²) in [5.74, 6) is -0.638. The van der Waals surface area contributed by atoms with Crippen molar-refractivity contribution < 1.29 is 23.8 Å². The molecule has 11 nitrogen and oxygen atoms in total. The van der Waals surface area contributed by atoms with Crippen LogP contribution in [-0.2, 0) is 19.0 Å². The Morgan fingerprint density at radius 2 is 2.03 bits per heavy atom. The zero-order chi connectivity index (χ0) is 23.3. The SMILES string of the molecule is CNC(=O)C1OC(n2cnc3c(NC(=O)c4cccc(I)c4)nc(Cl)nc32)C2OC(=S)OC12. The number of aromatic nitrogens is 4. The first kappa shape index (κ1) is 22.2. The van der Waals surface area contributed by atoms with Gasteiger partial charge >= 0.3 is 5.24 Å². The lowest BCUT2D eigenvalue weighted by molar-refractivity contribution is -0.137. The number of fused-ring (bicyclic) bond motifs is 2. The topological polar surface area (TPSA) is 129 Å².